The van der Waals surface area contributed by atoms with Crippen LogP contribution in [0.15, 0.2) is 48.5 Å². The summed E-state index contributed by atoms with van der Waals surface area (Å²) in [4.78, 5) is 12.3. The first-order valence-electron chi connectivity index (χ1n) is 8.59. The molecule has 5 heteroatoms. The molecule has 1 fully saturated rings. The fraction of sp³-hybridized carbons (Fsp3) is 0.300. The van der Waals surface area contributed by atoms with Crippen molar-refractivity contribution in [2.24, 2.45) is 5.92 Å². The molecule has 130 valence electrons. The molecule has 0 heterocycles. The number of hydrogen-bond acceptors (Lipinski definition) is 2. The zero-order valence-corrected chi connectivity index (χ0v) is 15.3. The van der Waals surface area contributed by atoms with Crippen molar-refractivity contribution >= 4 is 28.9 Å². The summed E-state index contributed by atoms with van der Waals surface area (Å²) in [5.74, 6) is 0.309. The van der Waals surface area contributed by atoms with E-state index in [9.17, 15) is 4.79 Å². The summed E-state index contributed by atoms with van der Waals surface area (Å²) >= 11 is 5.27. The molecule has 0 aliphatic heterocycles. The molecule has 3 rings (SSSR count). The van der Waals surface area contributed by atoms with E-state index < -0.39 is 0 Å². The highest BCUT2D eigenvalue weighted by Crippen LogP contribution is 2.47. The van der Waals surface area contributed by atoms with Crippen molar-refractivity contribution in [3.8, 4) is 0 Å². The fourth-order valence-corrected chi connectivity index (χ4v) is 3.14. The number of nitrogens with one attached hydrogen (secondary N) is 3. The Morgan fingerprint density at radius 2 is 1.84 bits per heavy atom. The highest BCUT2D eigenvalue weighted by atomic mass is 32.1. The van der Waals surface area contributed by atoms with Gasteiger partial charge in [-0.15, -0.1) is 0 Å². The molecule has 2 aromatic carbocycles. The van der Waals surface area contributed by atoms with Crippen molar-refractivity contribution in [3.05, 3.63) is 65.2 Å². The Morgan fingerprint density at radius 1 is 1.12 bits per heavy atom. The molecule has 0 bridgehead atoms. The second-order valence-corrected chi connectivity index (χ2v) is 6.85. The summed E-state index contributed by atoms with van der Waals surface area (Å²) in [6.07, 6.45) is 1.80. The van der Waals surface area contributed by atoms with Crippen molar-refractivity contribution in [2.45, 2.75) is 32.6 Å². The highest BCUT2D eigenvalue weighted by molar-refractivity contribution is 7.80. The van der Waals surface area contributed by atoms with Gasteiger partial charge < -0.3 is 5.32 Å². The Kier molecular flexibility index (Phi) is 5.34. The Labute approximate surface area is 154 Å². The minimum absolute atomic E-state index is 0.0148. The summed E-state index contributed by atoms with van der Waals surface area (Å²) in [6.45, 7) is 4.16. The quantitative estimate of drug-likeness (QED) is 0.580. The molecule has 1 aliphatic rings. The zero-order valence-electron chi connectivity index (χ0n) is 14.5. The number of hydrazine groups is 1. The molecule has 2 atom stereocenters. The summed E-state index contributed by atoms with van der Waals surface area (Å²) in [5.41, 5.74) is 10.1. The minimum Gasteiger partial charge on any atom is -0.331 e. The number of aryl methyl sites for hydroxylation is 2. The van der Waals surface area contributed by atoms with E-state index in [1.807, 2.05) is 18.2 Å². The molecule has 0 radical (unpaired) electrons. The Bertz CT molecular complexity index is 773. The number of amides is 1. The van der Waals surface area contributed by atoms with Gasteiger partial charge in [0.1, 0.15) is 0 Å². The second-order valence-electron chi connectivity index (χ2n) is 6.44. The third-order valence-corrected chi connectivity index (χ3v) is 4.78. The number of rotatable bonds is 4. The van der Waals surface area contributed by atoms with Gasteiger partial charge in [0.2, 0.25) is 5.91 Å². The third kappa shape index (κ3) is 4.37. The summed E-state index contributed by atoms with van der Waals surface area (Å²) in [7, 11) is 0. The molecule has 1 aliphatic carbocycles. The number of carbonyl (C=O) groups excluding carboxylic acids is 1. The largest absolute Gasteiger partial charge is 0.331 e. The van der Waals surface area contributed by atoms with Crippen LogP contribution in [0.5, 0.6) is 0 Å². The van der Waals surface area contributed by atoms with Gasteiger partial charge >= 0.3 is 0 Å². The van der Waals surface area contributed by atoms with Crippen LogP contribution in [0.25, 0.3) is 0 Å². The summed E-state index contributed by atoms with van der Waals surface area (Å²) < 4.78 is 0. The van der Waals surface area contributed by atoms with Crippen molar-refractivity contribution in [2.75, 3.05) is 5.32 Å². The monoisotopic (exact) mass is 353 g/mol. The van der Waals surface area contributed by atoms with Crippen molar-refractivity contribution in [1.82, 2.24) is 10.9 Å². The maximum atomic E-state index is 12.3. The van der Waals surface area contributed by atoms with Crippen LogP contribution in [0.1, 0.15) is 36.0 Å². The Morgan fingerprint density at radius 3 is 2.56 bits per heavy atom. The Balaban J connectivity index is 1.48. The van der Waals surface area contributed by atoms with Gasteiger partial charge in [-0.05, 0) is 55.1 Å². The molecule has 0 saturated heterocycles. The number of thiocarbonyl (C=S) groups is 1. The van der Waals surface area contributed by atoms with Crippen LogP contribution >= 0.6 is 12.2 Å². The second kappa shape index (κ2) is 7.66. The lowest BCUT2D eigenvalue weighted by Gasteiger charge is -2.14. The standard InChI is InChI=1S/C20H23N3OS/c1-3-14-6-4-5-7-18(14)21-20(25)23-22-19(24)17-12-16(17)15-10-8-13(2)9-11-15/h4-11,16-17H,3,12H2,1-2H3,(H,22,24)(H2,21,23,25)/t16-,17+/m1/s1. The van der Waals surface area contributed by atoms with Crippen LogP contribution in [-0.4, -0.2) is 11.0 Å². The van der Waals surface area contributed by atoms with E-state index >= 15 is 0 Å². The lowest BCUT2D eigenvalue weighted by atomic mass is 10.1. The van der Waals surface area contributed by atoms with E-state index in [1.165, 1.54) is 16.7 Å². The van der Waals surface area contributed by atoms with Gasteiger partial charge in [-0.25, -0.2) is 0 Å². The molecule has 4 nitrogen and oxygen atoms in total. The van der Waals surface area contributed by atoms with Crippen LogP contribution in [0.2, 0.25) is 0 Å². The average molecular weight is 353 g/mol. The van der Waals surface area contributed by atoms with Crippen molar-refractivity contribution < 1.29 is 4.79 Å². The SMILES string of the molecule is CCc1ccccc1NC(=S)NNC(=O)[C@H]1C[C@@H]1c1ccc(C)cc1. The number of carbonyl (C=O) groups is 1. The Hall–Kier alpha value is -2.40. The first kappa shape index (κ1) is 17.4. The van der Waals surface area contributed by atoms with Gasteiger partial charge in [-0.3, -0.25) is 15.6 Å². The van der Waals surface area contributed by atoms with E-state index in [2.05, 4.69) is 60.3 Å². The maximum Gasteiger partial charge on any atom is 0.242 e. The molecule has 0 spiro atoms. The maximum absolute atomic E-state index is 12.3. The predicted octanol–water partition coefficient (Wildman–Crippen LogP) is 3.68. The molecule has 1 amide bonds. The normalized spacial score (nSPS) is 18.3. The number of para-hydroxylation sites is 1. The molecule has 25 heavy (non-hydrogen) atoms. The van der Waals surface area contributed by atoms with Crippen LogP contribution in [0.4, 0.5) is 5.69 Å². The molecular weight excluding hydrogens is 330 g/mol. The topological polar surface area (TPSA) is 53.2 Å². The summed E-state index contributed by atoms with van der Waals surface area (Å²) in [6, 6.07) is 16.4. The van der Waals surface area contributed by atoms with E-state index in [0.717, 1.165) is 18.5 Å². The van der Waals surface area contributed by atoms with E-state index in [4.69, 9.17) is 12.2 Å². The number of hydrogen-bond donors (Lipinski definition) is 3. The lowest BCUT2D eigenvalue weighted by Crippen LogP contribution is -2.44. The number of benzene rings is 2. The minimum atomic E-state index is -0.0153. The van der Waals surface area contributed by atoms with Gasteiger partial charge in [0.25, 0.3) is 0 Å². The molecule has 0 unspecified atom stereocenters. The lowest BCUT2D eigenvalue weighted by molar-refractivity contribution is -0.122. The molecule has 2 aromatic rings. The molecular formula is C20H23N3OS. The van der Waals surface area contributed by atoms with E-state index in [0.29, 0.717) is 11.0 Å². The molecule has 3 N–H and O–H groups in total. The predicted molar refractivity (Wildman–Crippen MR) is 105 cm³/mol. The number of anilines is 1. The van der Waals surface area contributed by atoms with E-state index in [-0.39, 0.29) is 11.8 Å². The van der Waals surface area contributed by atoms with Gasteiger partial charge in [0, 0.05) is 11.6 Å². The molecule has 1 saturated carbocycles. The zero-order chi connectivity index (χ0) is 17.8. The van der Waals surface area contributed by atoms with Crippen molar-refractivity contribution in [3.63, 3.8) is 0 Å². The third-order valence-electron chi connectivity index (χ3n) is 4.58. The van der Waals surface area contributed by atoms with Crippen LogP contribution < -0.4 is 16.2 Å². The van der Waals surface area contributed by atoms with Crippen LogP contribution in [-0.2, 0) is 11.2 Å². The first-order chi connectivity index (χ1) is 12.1. The van der Waals surface area contributed by atoms with Crippen LogP contribution in [0.3, 0.4) is 0 Å². The van der Waals surface area contributed by atoms with Gasteiger partial charge in [-0.2, -0.15) is 0 Å². The van der Waals surface area contributed by atoms with Crippen molar-refractivity contribution in [1.29, 1.82) is 0 Å². The fourth-order valence-electron chi connectivity index (χ4n) is 2.98. The first-order valence-corrected chi connectivity index (χ1v) is 9.00. The van der Waals surface area contributed by atoms with Crippen LogP contribution in [0, 0.1) is 12.8 Å². The van der Waals surface area contributed by atoms with Gasteiger partial charge in [0.05, 0.1) is 0 Å². The summed E-state index contributed by atoms with van der Waals surface area (Å²) in [5, 5.41) is 3.52. The van der Waals surface area contributed by atoms with Gasteiger partial charge in [0.15, 0.2) is 5.11 Å². The van der Waals surface area contributed by atoms with E-state index in [1.54, 1.807) is 0 Å². The van der Waals surface area contributed by atoms with Gasteiger partial charge in [-0.1, -0.05) is 55.0 Å². The molecule has 0 aromatic heterocycles. The highest BCUT2D eigenvalue weighted by Gasteiger charge is 2.43. The average Bonchev–Trinajstić information content (AvgIpc) is 3.41. The smallest absolute Gasteiger partial charge is 0.242 e.